The molecule has 0 atom stereocenters. The molecule has 1 heterocycles. The van der Waals surface area contributed by atoms with Crippen LogP contribution >= 0.6 is 11.8 Å². The van der Waals surface area contributed by atoms with Crippen LogP contribution in [0.1, 0.15) is 24.2 Å². The first-order valence-corrected chi connectivity index (χ1v) is 6.46. The van der Waals surface area contributed by atoms with Crippen LogP contribution < -0.4 is 5.32 Å². The number of rotatable bonds is 7. The minimum Gasteiger partial charge on any atom is -0.468 e. The van der Waals surface area contributed by atoms with Gasteiger partial charge in [0.2, 0.25) is 0 Å². The number of unbranched alkanes of at least 4 members (excludes halogenated alkanes) is 1. The Labute approximate surface area is 90.5 Å². The number of furan rings is 1. The van der Waals surface area contributed by atoms with Gasteiger partial charge in [-0.25, -0.2) is 0 Å². The monoisotopic (exact) mass is 213 g/mol. The summed E-state index contributed by atoms with van der Waals surface area (Å²) in [7, 11) is 0. The Bertz CT molecular complexity index is 247. The van der Waals surface area contributed by atoms with E-state index in [0.29, 0.717) is 0 Å². The van der Waals surface area contributed by atoms with E-state index in [1.165, 1.54) is 24.2 Å². The third-order valence-corrected chi connectivity index (χ3v) is 2.90. The molecule has 0 saturated carbocycles. The SMILES string of the molecule is CSCCCCNCc1occc1C. The Morgan fingerprint density at radius 1 is 1.43 bits per heavy atom. The molecular formula is C11H19NOS. The van der Waals surface area contributed by atoms with Crippen molar-refractivity contribution in [2.24, 2.45) is 0 Å². The van der Waals surface area contributed by atoms with Gasteiger partial charge >= 0.3 is 0 Å². The van der Waals surface area contributed by atoms with E-state index in [-0.39, 0.29) is 0 Å². The summed E-state index contributed by atoms with van der Waals surface area (Å²) >= 11 is 1.91. The zero-order valence-electron chi connectivity index (χ0n) is 9.01. The van der Waals surface area contributed by atoms with Crippen LogP contribution in [0.15, 0.2) is 16.7 Å². The predicted octanol–water partition coefficient (Wildman–Crippen LogP) is 2.82. The highest BCUT2D eigenvalue weighted by Crippen LogP contribution is 2.07. The second-order valence-electron chi connectivity index (χ2n) is 3.40. The Balaban J connectivity index is 2.02. The van der Waals surface area contributed by atoms with Gasteiger partial charge in [-0.2, -0.15) is 11.8 Å². The molecule has 0 bridgehead atoms. The maximum absolute atomic E-state index is 5.33. The molecule has 0 saturated heterocycles. The molecule has 1 N–H and O–H groups in total. The molecule has 14 heavy (non-hydrogen) atoms. The minimum absolute atomic E-state index is 0.859. The minimum atomic E-state index is 0.859. The molecule has 0 fully saturated rings. The van der Waals surface area contributed by atoms with Gasteiger partial charge in [-0.05, 0) is 49.9 Å². The standard InChI is InChI=1S/C11H19NOS/c1-10-5-7-13-11(10)9-12-6-3-4-8-14-2/h5,7,12H,3-4,6,8-9H2,1-2H3. The van der Waals surface area contributed by atoms with Crippen LogP contribution in [0.3, 0.4) is 0 Å². The number of hydrogen-bond acceptors (Lipinski definition) is 3. The van der Waals surface area contributed by atoms with Crippen molar-refractivity contribution < 1.29 is 4.42 Å². The zero-order chi connectivity index (χ0) is 10.2. The maximum atomic E-state index is 5.33. The van der Waals surface area contributed by atoms with E-state index in [0.717, 1.165) is 18.8 Å². The van der Waals surface area contributed by atoms with Gasteiger partial charge in [0.25, 0.3) is 0 Å². The summed E-state index contributed by atoms with van der Waals surface area (Å²) < 4.78 is 5.33. The van der Waals surface area contributed by atoms with Gasteiger partial charge in [0.05, 0.1) is 12.8 Å². The van der Waals surface area contributed by atoms with Crippen molar-refractivity contribution in [3.8, 4) is 0 Å². The van der Waals surface area contributed by atoms with E-state index in [1.54, 1.807) is 6.26 Å². The fourth-order valence-corrected chi connectivity index (χ4v) is 1.78. The molecular weight excluding hydrogens is 194 g/mol. The molecule has 1 aromatic rings. The van der Waals surface area contributed by atoms with E-state index in [1.807, 2.05) is 17.8 Å². The smallest absolute Gasteiger partial charge is 0.120 e. The van der Waals surface area contributed by atoms with Crippen molar-refractivity contribution in [2.45, 2.75) is 26.3 Å². The first kappa shape index (κ1) is 11.7. The summed E-state index contributed by atoms with van der Waals surface area (Å²) in [5.41, 5.74) is 1.24. The highest BCUT2D eigenvalue weighted by atomic mass is 32.2. The van der Waals surface area contributed by atoms with Crippen molar-refractivity contribution in [3.63, 3.8) is 0 Å². The van der Waals surface area contributed by atoms with Crippen molar-refractivity contribution in [2.75, 3.05) is 18.6 Å². The second-order valence-corrected chi connectivity index (χ2v) is 4.39. The first-order valence-electron chi connectivity index (χ1n) is 5.07. The fraction of sp³-hybridized carbons (Fsp3) is 0.636. The van der Waals surface area contributed by atoms with Crippen LogP contribution in [0.2, 0.25) is 0 Å². The molecule has 0 radical (unpaired) electrons. The summed E-state index contributed by atoms with van der Waals surface area (Å²) in [4.78, 5) is 0. The molecule has 80 valence electrons. The van der Waals surface area contributed by atoms with Crippen molar-refractivity contribution >= 4 is 11.8 Å². The van der Waals surface area contributed by atoms with Gasteiger partial charge in [0, 0.05) is 0 Å². The summed E-state index contributed by atoms with van der Waals surface area (Å²) in [6.45, 7) is 4.02. The van der Waals surface area contributed by atoms with E-state index >= 15 is 0 Å². The number of nitrogens with one attached hydrogen (secondary N) is 1. The first-order chi connectivity index (χ1) is 6.84. The molecule has 0 aliphatic rings. The molecule has 1 aromatic heterocycles. The lowest BCUT2D eigenvalue weighted by Crippen LogP contribution is -2.14. The lowest BCUT2D eigenvalue weighted by atomic mass is 10.3. The Morgan fingerprint density at radius 2 is 2.29 bits per heavy atom. The van der Waals surface area contributed by atoms with E-state index in [4.69, 9.17) is 4.42 Å². The summed E-state index contributed by atoms with van der Waals surface area (Å²) in [5, 5.41) is 3.38. The van der Waals surface area contributed by atoms with Crippen LogP contribution in [0.5, 0.6) is 0 Å². The molecule has 0 aliphatic carbocycles. The Kier molecular flexibility index (Phi) is 5.80. The number of thioether (sulfide) groups is 1. The maximum Gasteiger partial charge on any atom is 0.120 e. The molecule has 2 nitrogen and oxygen atoms in total. The van der Waals surface area contributed by atoms with Gasteiger partial charge in [-0.3, -0.25) is 0 Å². The molecule has 1 rings (SSSR count). The lowest BCUT2D eigenvalue weighted by molar-refractivity contribution is 0.478. The van der Waals surface area contributed by atoms with Crippen LogP contribution in [-0.2, 0) is 6.54 Å². The van der Waals surface area contributed by atoms with E-state index < -0.39 is 0 Å². The molecule has 0 unspecified atom stereocenters. The summed E-state index contributed by atoms with van der Waals surface area (Å²) in [6, 6.07) is 2.00. The zero-order valence-corrected chi connectivity index (χ0v) is 9.82. The number of aryl methyl sites for hydroxylation is 1. The summed E-state index contributed by atoms with van der Waals surface area (Å²) in [6.07, 6.45) is 6.45. The van der Waals surface area contributed by atoms with Gasteiger partial charge in [0.15, 0.2) is 0 Å². The quantitative estimate of drug-likeness (QED) is 0.705. The van der Waals surface area contributed by atoms with Gasteiger partial charge < -0.3 is 9.73 Å². The normalized spacial score (nSPS) is 10.7. The van der Waals surface area contributed by atoms with Crippen LogP contribution in [0, 0.1) is 6.92 Å². The third-order valence-electron chi connectivity index (χ3n) is 2.21. The molecule has 0 amide bonds. The average Bonchev–Trinajstić information content (AvgIpc) is 2.58. The molecule has 0 aliphatic heterocycles. The Morgan fingerprint density at radius 3 is 2.93 bits per heavy atom. The topological polar surface area (TPSA) is 25.2 Å². The van der Waals surface area contributed by atoms with Crippen molar-refractivity contribution in [3.05, 3.63) is 23.7 Å². The van der Waals surface area contributed by atoms with Gasteiger partial charge in [0.1, 0.15) is 5.76 Å². The van der Waals surface area contributed by atoms with E-state index in [9.17, 15) is 0 Å². The number of hydrogen-bond donors (Lipinski definition) is 1. The van der Waals surface area contributed by atoms with Gasteiger partial charge in [-0.15, -0.1) is 0 Å². The van der Waals surface area contributed by atoms with E-state index in [2.05, 4.69) is 18.5 Å². The van der Waals surface area contributed by atoms with Gasteiger partial charge in [-0.1, -0.05) is 0 Å². The average molecular weight is 213 g/mol. The van der Waals surface area contributed by atoms with Crippen LogP contribution in [0.25, 0.3) is 0 Å². The summed E-state index contributed by atoms with van der Waals surface area (Å²) in [5.74, 6) is 2.33. The third kappa shape index (κ3) is 4.20. The Hall–Kier alpha value is -0.410. The van der Waals surface area contributed by atoms with Crippen LogP contribution in [-0.4, -0.2) is 18.6 Å². The highest BCUT2D eigenvalue weighted by molar-refractivity contribution is 7.98. The van der Waals surface area contributed by atoms with Crippen LogP contribution in [0.4, 0.5) is 0 Å². The molecule has 0 aromatic carbocycles. The lowest BCUT2D eigenvalue weighted by Gasteiger charge is -2.02. The molecule has 0 spiro atoms. The van der Waals surface area contributed by atoms with Crippen molar-refractivity contribution in [1.29, 1.82) is 0 Å². The molecule has 3 heteroatoms. The highest BCUT2D eigenvalue weighted by Gasteiger charge is 1.99. The second kappa shape index (κ2) is 6.96. The predicted molar refractivity (Wildman–Crippen MR) is 62.8 cm³/mol. The largest absolute Gasteiger partial charge is 0.468 e. The fourth-order valence-electron chi connectivity index (χ4n) is 1.28. The van der Waals surface area contributed by atoms with Crippen molar-refractivity contribution in [1.82, 2.24) is 5.32 Å².